The molecule has 1 aromatic carbocycles. The van der Waals surface area contributed by atoms with E-state index in [4.69, 9.17) is 5.73 Å². The van der Waals surface area contributed by atoms with Crippen molar-refractivity contribution < 1.29 is 0 Å². The van der Waals surface area contributed by atoms with Gasteiger partial charge in [-0.3, -0.25) is 0 Å². The molecule has 2 N–H and O–H groups in total. The number of hydrogen-bond donors (Lipinski definition) is 1. The van der Waals surface area contributed by atoms with E-state index in [1.807, 2.05) is 0 Å². The van der Waals surface area contributed by atoms with Gasteiger partial charge in [0.15, 0.2) is 0 Å². The van der Waals surface area contributed by atoms with Gasteiger partial charge in [-0.25, -0.2) is 0 Å². The van der Waals surface area contributed by atoms with Crippen LogP contribution in [0.2, 0.25) is 0 Å². The molecular formula is C13H21N. The van der Waals surface area contributed by atoms with Crippen molar-refractivity contribution in [1.29, 1.82) is 0 Å². The van der Waals surface area contributed by atoms with Crippen molar-refractivity contribution in [3.63, 3.8) is 0 Å². The summed E-state index contributed by atoms with van der Waals surface area (Å²) < 4.78 is 0. The molecule has 78 valence electrons. The maximum atomic E-state index is 5.61. The molecule has 1 nitrogen and oxygen atoms in total. The Labute approximate surface area is 87.3 Å². The van der Waals surface area contributed by atoms with E-state index >= 15 is 0 Å². The third-order valence-corrected chi connectivity index (χ3v) is 2.47. The second-order valence-electron chi connectivity index (χ2n) is 3.99. The average molecular weight is 191 g/mol. The van der Waals surface area contributed by atoms with Crippen LogP contribution in [0, 0.1) is 5.92 Å². The van der Waals surface area contributed by atoms with E-state index in [2.05, 4.69) is 38.1 Å². The summed E-state index contributed by atoms with van der Waals surface area (Å²) in [6.07, 6.45) is 3.62. The fraction of sp³-hybridized carbons (Fsp3) is 0.538. The van der Waals surface area contributed by atoms with Gasteiger partial charge in [0.05, 0.1) is 0 Å². The van der Waals surface area contributed by atoms with Crippen LogP contribution < -0.4 is 5.73 Å². The van der Waals surface area contributed by atoms with Gasteiger partial charge in [-0.1, -0.05) is 44.5 Å². The zero-order valence-corrected chi connectivity index (χ0v) is 9.29. The first-order valence-electron chi connectivity index (χ1n) is 5.58. The van der Waals surface area contributed by atoms with Gasteiger partial charge in [0, 0.05) is 0 Å². The molecule has 2 rings (SSSR count). The van der Waals surface area contributed by atoms with Crippen molar-refractivity contribution in [2.75, 3.05) is 6.54 Å². The lowest BCUT2D eigenvalue weighted by Crippen LogP contribution is -2.13. The zero-order chi connectivity index (χ0) is 10.4. The molecule has 0 unspecified atom stereocenters. The van der Waals surface area contributed by atoms with E-state index < -0.39 is 0 Å². The Bertz CT molecular complexity index is 243. The molecular weight excluding hydrogens is 170 g/mol. The van der Waals surface area contributed by atoms with Crippen LogP contribution in [0.1, 0.15) is 31.4 Å². The smallest absolute Gasteiger partial charge is 0.00425 e. The second-order valence-corrected chi connectivity index (χ2v) is 3.99. The van der Waals surface area contributed by atoms with E-state index in [0.29, 0.717) is 5.92 Å². The Hall–Kier alpha value is -0.820. The van der Waals surface area contributed by atoms with Gasteiger partial charge in [0.2, 0.25) is 0 Å². The highest BCUT2D eigenvalue weighted by Gasteiger charge is 2.18. The van der Waals surface area contributed by atoms with Crippen LogP contribution in [0.25, 0.3) is 0 Å². The molecule has 0 aromatic heterocycles. The minimum Gasteiger partial charge on any atom is -0.330 e. The topological polar surface area (TPSA) is 26.0 Å². The summed E-state index contributed by atoms with van der Waals surface area (Å²) in [5.41, 5.74) is 8.62. The minimum atomic E-state index is 0.701. The van der Waals surface area contributed by atoms with Crippen molar-refractivity contribution in [3.8, 4) is 0 Å². The van der Waals surface area contributed by atoms with E-state index in [1.54, 1.807) is 0 Å². The van der Waals surface area contributed by atoms with E-state index in [-0.39, 0.29) is 0 Å². The maximum absolute atomic E-state index is 5.61. The Balaban J connectivity index is 0.000000293. The molecule has 1 aliphatic rings. The molecule has 0 saturated heterocycles. The van der Waals surface area contributed by atoms with Gasteiger partial charge >= 0.3 is 0 Å². The summed E-state index contributed by atoms with van der Waals surface area (Å²) in [6, 6.07) is 8.64. The van der Waals surface area contributed by atoms with Crippen LogP contribution in [-0.4, -0.2) is 6.54 Å². The predicted octanol–water partition coefficient (Wildman–Crippen LogP) is 2.78. The molecule has 0 amide bonds. The Morgan fingerprint density at radius 3 is 1.93 bits per heavy atom. The molecule has 0 bridgehead atoms. The van der Waals surface area contributed by atoms with Crippen LogP contribution in [0.5, 0.6) is 0 Å². The summed E-state index contributed by atoms with van der Waals surface area (Å²) in [7, 11) is 0. The Morgan fingerprint density at radius 1 is 1.14 bits per heavy atom. The third-order valence-electron chi connectivity index (χ3n) is 2.47. The van der Waals surface area contributed by atoms with E-state index in [9.17, 15) is 0 Å². The third kappa shape index (κ3) is 2.85. The molecule has 0 fully saturated rings. The summed E-state index contributed by atoms with van der Waals surface area (Å²) >= 11 is 0. The molecule has 0 saturated carbocycles. The number of fused-ring (bicyclic) bond motifs is 1. The van der Waals surface area contributed by atoms with Gasteiger partial charge in [0.25, 0.3) is 0 Å². The van der Waals surface area contributed by atoms with Crippen LogP contribution >= 0.6 is 0 Å². The zero-order valence-electron chi connectivity index (χ0n) is 9.29. The molecule has 0 heterocycles. The number of hydrogen-bond acceptors (Lipinski definition) is 1. The largest absolute Gasteiger partial charge is 0.330 e. The van der Waals surface area contributed by atoms with Gasteiger partial charge in [-0.05, 0) is 36.4 Å². The van der Waals surface area contributed by atoms with Gasteiger partial charge in [-0.15, -0.1) is 0 Å². The first-order valence-corrected chi connectivity index (χ1v) is 5.58. The normalized spacial score (nSPS) is 14.5. The fourth-order valence-corrected chi connectivity index (χ4v) is 1.82. The molecule has 0 spiro atoms. The van der Waals surface area contributed by atoms with E-state index in [1.165, 1.54) is 30.4 Å². The van der Waals surface area contributed by atoms with Gasteiger partial charge < -0.3 is 5.73 Å². The van der Waals surface area contributed by atoms with E-state index in [0.717, 1.165) is 6.54 Å². The standard InChI is InChI=1S/C10H13N.C3H8/c11-7-8-5-9-3-1-2-4-10(9)6-8;1-3-2/h1-4,8H,5-7,11H2;3H2,1-2H3. The van der Waals surface area contributed by atoms with Crippen LogP contribution in [0.3, 0.4) is 0 Å². The highest BCUT2D eigenvalue weighted by Crippen LogP contribution is 2.25. The highest BCUT2D eigenvalue weighted by atomic mass is 14.6. The number of rotatable bonds is 1. The average Bonchev–Trinajstić information content (AvgIpc) is 2.61. The maximum Gasteiger partial charge on any atom is -0.00425 e. The highest BCUT2D eigenvalue weighted by molar-refractivity contribution is 5.32. The summed E-state index contributed by atoms with van der Waals surface area (Å²) in [4.78, 5) is 0. The van der Waals surface area contributed by atoms with Crippen molar-refractivity contribution in [3.05, 3.63) is 35.4 Å². The summed E-state index contributed by atoms with van der Waals surface area (Å²) in [6.45, 7) is 5.08. The van der Waals surface area contributed by atoms with Crippen LogP contribution in [0.4, 0.5) is 0 Å². The summed E-state index contributed by atoms with van der Waals surface area (Å²) in [5, 5.41) is 0. The fourth-order valence-electron chi connectivity index (χ4n) is 1.82. The molecule has 0 aliphatic heterocycles. The van der Waals surface area contributed by atoms with Crippen LogP contribution in [0.15, 0.2) is 24.3 Å². The SMILES string of the molecule is CCC.NCC1Cc2ccccc2C1. The lowest BCUT2D eigenvalue weighted by Gasteiger charge is -2.01. The monoisotopic (exact) mass is 191 g/mol. The molecule has 1 heteroatoms. The van der Waals surface area contributed by atoms with Crippen molar-refractivity contribution in [2.24, 2.45) is 11.7 Å². The van der Waals surface area contributed by atoms with Crippen LogP contribution in [-0.2, 0) is 12.8 Å². The minimum absolute atomic E-state index is 0.701. The Kier molecular flexibility index (Phi) is 4.68. The predicted molar refractivity (Wildman–Crippen MR) is 62.4 cm³/mol. The number of nitrogens with two attached hydrogens (primary N) is 1. The molecule has 0 atom stereocenters. The second kappa shape index (κ2) is 5.82. The number of benzene rings is 1. The van der Waals surface area contributed by atoms with Gasteiger partial charge in [0.1, 0.15) is 0 Å². The molecule has 1 aliphatic carbocycles. The lowest BCUT2D eigenvalue weighted by molar-refractivity contribution is 0.575. The van der Waals surface area contributed by atoms with Crippen molar-refractivity contribution in [1.82, 2.24) is 0 Å². The lowest BCUT2D eigenvalue weighted by atomic mass is 10.1. The van der Waals surface area contributed by atoms with Gasteiger partial charge in [-0.2, -0.15) is 0 Å². The first-order chi connectivity index (χ1) is 6.81. The summed E-state index contributed by atoms with van der Waals surface area (Å²) in [5.74, 6) is 0.701. The van der Waals surface area contributed by atoms with Crippen molar-refractivity contribution >= 4 is 0 Å². The van der Waals surface area contributed by atoms with Crippen molar-refractivity contribution in [2.45, 2.75) is 33.1 Å². The molecule has 0 radical (unpaired) electrons. The quantitative estimate of drug-likeness (QED) is 0.725. The molecule has 14 heavy (non-hydrogen) atoms. The Morgan fingerprint density at radius 2 is 1.57 bits per heavy atom. The first kappa shape index (κ1) is 11.3. The molecule has 1 aromatic rings.